The lowest BCUT2D eigenvalue weighted by Crippen LogP contribution is -2.25. The summed E-state index contributed by atoms with van der Waals surface area (Å²) >= 11 is 1.75. The monoisotopic (exact) mass is 286 g/mol. The minimum Gasteiger partial charge on any atom is -0.493 e. The van der Waals surface area contributed by atoms with Crippen molar-refractivity contribution in [3.8, 4) is 5.75 Å². The maximum Gasteiger partial charge on any atom is 0.255 e. The number of thioether (sulfide) groups is 1. The van der Waals surface area contributed by atoms with Crippen molar-refractivity contribution < 1.29 is 4.74 Å². The predicted molar refractivity (Wildman–Crippen MR) is 78.2 cm³/mol. The van der Waals surface area contributed by atoms with E-state index in [2.05, 4.69) is 16.0 Å². The van der Waals surface area contributed by atoms with E-state index in [0.717, 1.165) is 40.8 Å². The van der Waals surface area contributed by atoms with Crippen LogP contribution in [0.25, 0.3) is 0 Å². The fraction of sp³-hybridized carbons (Fsp3) is 0.333. The molecule has 0 bridgehead atoms. The first-order valence-electron chi connectivity index (χ1n) is 6.71. The standard InChI is InChI=1S/C15H14N2O2S/c18-15-11-7-20-8-12(11)16-14(17-15)10-5-9-3-1-2-4-13(9)19-6-10/h1-4,10H,5-8H2,(H,16,17,18). The number of fused-ring (bicyclic) bond motifs is 2. The van der Waals surface area contributed by atoms with Crippen molar-refractivity contribution in [1.29, 1.82) is 0 Å². The molecule has 102 valence electrons. The number of ether oxygens (including phenoxy) is 1. The highest BCUT2D eigenvalue weighted by molar-refractivity contribution is 7.98. The second-order valence-electron chi connectivity index (χ2n) is 5.19. The van der Waals surface area contributed by atoms with Crippen LogP contribution >= 0.6 is 11.8 Å². The smallest absolute Gasteiger partial charge is 0.255 e. The molecule has 1 atom stereocenters. The van der Waals surface area contributed by atoms with E-state index in [1.807, 2.05) is 18.2 Å². The molecule has 2 aromatic rings. The molecule has 1 N–H and O–H groups in total. The molecule has 3 heterocycles. The molecule has 1 aromatic carbocycles. The first kappa shape index (κ1) is 12.0. The number of nitrogens with zero attached hydrogens (tertiary/aromatic N) is 1. The number of hydrogen-bond acceptors (Lipinski definition) is 4. The number of para-hydroxylation sites is 1. The Hall–Kier alpha value is -1.75. The third-order valence-corrected chi connectivity index (χ3v) is 4.84. The summed E-state index contributed by atoms with van der Waals surface area (Å²) in [7, 11) is 0. The molecular formula is C15H14N2O2S. The molecule has 0 saturated heterocycles. The van der Waals surface area contributed by atoms with E-state index < -0.39 is 0 Å². The Morgan fingerprint density at radius 1 is 1.30 bits per heavy atom. The van der Waals surface area contributed by atoms with Crippen molar-refractivity contribution in [1.82, 2.24) is 9.97 Å². The Morgan fingerprint density at radius 3 is 3.15 bits per heavy atom. The van der Waals surface area contributed by atoms with Gasteiger partial charge in [-0.25, -0.2) is 4.98 Å². The molecule has 0 radical (unpaired) electrons. The number of rotatable bonds is 1. The predicted octanol–water partition coefficient (Wildman–Crippen LogP) is 2.24. The number of benzene rings is 1. The molecule has 0 aliphatic carbocycles. The zero-order valence-corrected chi connectivity index (χ0v) is 11.7. The quantitative estimate of drug-likeness (QED) is 0.873. The van der Waals surface area contributed by atoms with Crippen LogP contribution in [0.15, 0.2) is 29.1 Å². The van der Waals surface area contributed by atoms with Gasteiger partial charge >= 0.3 is 0 Å². The van der Waals surface area contributed by atoms with Crippen molar-refractivity contribution in [2.24, 2.45) is 0 Å². The van der Waals surface area contributed by atoms with Crippen molar-refractivity contribution in [3.63, 3.8) is 0 Å². The van der Waals surface area contributed by atoms with E-state index in [9.17, 15) is 4.79 Å². The lowest BCUT2D eigenvalue weighted by molar-refractivity contribution is 0.257. The van der Waals surface area contributed by atoms with Gasteiger partial charge < -0.3 is 9.72 Å². The van der Waals surface area contributed by atoms with E-state index in [1.54, 1.807) is 11.8 Å². The summed E-state index contributed by atoms with van der Waals surface area (Å²) in [5, 5.41) is 0. The summed E-state index contributed by atoms with van der Waals surface area (Å²) < 4.78 is 5.78. The van der Waals surface area contributed by atoms with Gasteiger partial charge in [-0.15, -0.1) is 0 Å². The second kappa shape index (κ2) is 4.66. The summed E-state index contributed by atoms with van der Waals surface area (Å²) in [6.07, 6.45) is 0.866. The number of nitrogens with one attached hydrogen (secondary N) is 1. The van der Waals surface area contributed by atoms with Gasteiger partial charge in [0, 0.05) is 17.1 Å². The highest BCUT2D eigenvalue weighted by Crippen LogP contribution is 2.32. The molecule has 4 nitrogen and oxygen atoms in total. The van der Waals surface area contributed by atoms with Gasteiger partial charge in [-0.1, -0.05) is 18.2 Å². The van der Waals surface area contributed by atoms with Crippen LogP contribution in [0.4, 0.5) is 0 Å². The molecule has 0 saturated carbocycles. The molecule has 2 aliphatic heterocycles. The zero-order valence-electron chi connectivity index (χ0n) is 10.9. The molecule has 4 rings (SSSR count). The van der Waals surface area contributed by atoms with Gasteiger partial charge in [0.05, 0.1) is 18.2 Å². The summed E-state index contributed by atoms with van der Waals surface area (Å²) in [4.78, 5) is 19.7. The molecule has 20 heavy (non-hydrogen) atoms. The number of hydrogen-bond donors (Lipinski definition) is 1. The van der Waals surface area contributed by atoms with Gasteiger partial charge in [-0.05, 0) is 18.1 Å². The second-order valence-corrected chi connectivity index (χ2v) is 6.17. The Balaban J connectivity index is 1.70. The van der Waals surface area contributed by atoms with E-state index in [4.69, 9.17) is 4.74 Å². The average Bonchev–Trinajstić information content (AvgIpc) is 2.96. The first-order chi connectivity index (χ1) is 9.81. The van der Waals surface area contributed by atoms with Gasteiger partial charge in [0.2, 0.25) is 0 Å². The molecule has 0 spiro atoms. The van der Waals surface area contributed by atoms with Crippen molar-refractivity contribution in [2.45, 2.75) is 23.8 Å². The third kappa shape index (κ3) is 1.93. The van der Waals surface area contributed by atoms with Crippen molar-refractivity contribution in [3.05, 3.63) is 57.3 Å². The van der Waals surface area contributed by atoms with E-state index in [-0.39, 0.29) is 11.5 Å². The van der Waals surface area contributed by atoms with E-state index in [1.165, 1.54) is 5.56 Å². The van der Waals surface area contributed by atoms with Crippen LogP contribution in [0.2, 0.25) is 0 Å². The number of aromatic amines is 1. The van der Waals surface area contributed by atoms with Gasteiger partial charge in [-0.2, -0.15) is 11.8 Å². The van der Waals surface area contributed by atoms with Crippen LogP contribution in [0.1, 0.15) is 28.6 Å². The van der Waals surface area contributed by atoms with Crippen molar-refractivity contribution >= 4 is 11.8 Å². The number of H-pyrrole nitrogens is 1. The van der Waals surface area contributed by atoms with Gasteiger partial charge in [0.25, 0.3) is 5.56 Å². The summed E-state index contributed by atoms with van der Waals surface area (Å²) in [6, 6.07) is 8.05. The molecule has 5 heteroatoms. The number of aromatic nitrogens is 2. The molecule has 0 amide bonds. The SMILES string of the molecule is O=c1[nH]c(C2COc3ccccc3C2)nc2c1CSC2. The lowest BCUT2D eigenvalue weighted by atomic mass is 9.96. The first-order valence-corrected chi connectivity index (χ1v) is 7.87. The van der Waals surface area contributed by atoms with E-state index in [0.29, 0.717) is 6.61 Å². The highest BCUT2D eigenvalue weighted by Gasteiger charge is 2.25. The normalized spacial score (nSPS) is 20.1. The average molecular weight is 286 g/mol. The Morgan fingerprint density at radius 2 is 2.20 bits per heavy atom. The van der Waals surface area contributed by atoms with E-state index >= 15 is 0 Å². The van der Waals surface area contributed by atoms with Crippen LogP contribution < -0.4 is 10.3 Å². The highest BCUT2D eigenvalue weighted by atomic mass is 32.2. The largest absolute Gasteiger partial charge is 0.493 e. The summed E-state index contributed by atoms with van der Waals surface area (Å²) in [5.41, 5.74) is 3.00. The topological polar surface area (TPSA) is 55.0 Å². The van der Waals surface area contributed by atoms with Crippen LogP contribution in [0.5, 0.6) is 5.75 Å². The third-order valence-electron chi connectivity index (χ3n) is 3.87. The molecule has 2 aliphatic rings. The maximum atomic E-state index is 12.1. The maximum absolute atomic E-state index is 12.1. The van der Waals surface area contributed by atoms with Gasteiger partial charge in [0.1, 0.15) is 11.6 Å². The fourth-order valence-corrected chi connectivity index (χ4v) is 3.81. The molecule has 0 fully saturated rings. The summed E-state index contributed by atoms with van der Waals surface area (Å²) in [6.45, 7) is 0.575. The lowest BCUT2D eigenvalue weighted by Gasteiger charge is -2.24. The Labute approximate surface area is 120 Å². The van der Waals surface area contributed by atoms with Crippen LogP contribution in [-0.4, -0.2) is 16.6 Å². The minimum absolute atomic E-state index is 0.0221. The van der Waals surface area contributed by atoms with Crippen molar-refractivity contribution in [2.75, 3.05) is 6.61 Å². The zero-order chi connectivity index (χ0) is 13.5. The van der Waals surface area contributed by atoms with Gasteiger partial charge in [0.15, 0.2) is 0 Å². The fourth-order valence-electron chi connectivity index (χ4n) is 2.78. The van der Waals surface area contributed by atoms with Crippen LogP contribution in [0, 0.1) is 0 Å². The van der Waals surface area contributed by atoms with Crippen LogP contribution in [-0.2, 0) is 17.9 Å². The molecule has 1 aromatic heterocycles. The van der Waals surface area contributed by atoms with Gasteiger partial charge in [-0.3, -0.25) is 4.79 Å². The molecular weight excluding hydrogens is 272 g/mol. The minimum atomic E-state index is 0.0221. The Bertz CT molecular complexity index is 726. The Kier molecular flexibility index (Phi) is 2.80. The van der Waals surface area contributed by atoms with Crippen LogP contribution in [0.3, 0.4) is 0 Å². The summed E-state index contributed by atoms with van der Waals surface area (Å²) in [5.74, 6) is 3.47. The molecule has 1 unspecified atom stereocenters.